The van der Waals surface area contributed by atoms with Gasteiger partial charge in [0.05, 0.1) is 35.4 Å². The first-order chi connectivity index (χ1) is 19.6. The van der Waals surface area contributed by atoms with Crippen molar-refractivity contribution in [3.8, 4) is 5.75 Å². The topological polar surface area (TPSA) is 92.5 Å². The molecule has 5 rings (SSSR count). The van der Waals surface area contributed by atoms with Crippen LogP contribution in [0.1, 0.15) is 54.7 Å². The van der Waals surface area contributed by atoms with Gasteiger partial charge in [-0.15, -0.1) is 11.3 Å². The molecule has 218 valence electrons. The molecule has 0 aliphatic carbocycles. The first kappa shape index (κ1) is 28.9. The van der Waals surface area contributed by atoms with Gasteiger partial charge in [-0.1, -0.05) is 27.7 Å². The zero-order valence-corrected chi connectivity index (χ0v) is 25.7. The summed E-state index contributed by atoms with van der Waals surface area (Å²) in [5.74, 6) is 2.08. The number of aromatic nitrogens is 5. The minimum absolute atomic E-state index is 0.0321. The predicted molar refractivity (Wildman–Crippen MR) is 163 cm³/mol. The third kappa shape index (κ3) is 6.84. The van der Waals surface area contributed by atoms with Crippen LogP contribution in [0, 0.1) is 5.41 Å². The molecule has 3 aromatic heterocycles. The minimum atomic E-state index is 0.0321. The number of rotatable bonds is 10. The molecule has 0 unspecified atom stereocenters. The number of benzene rings is 1. The van der Waals surface area contributed by atoms with Gasteiger partial charge in [0.1, 0.15) is 17.9 Å². The first-order valence-electron chi connectivity index (χ1n) is 14.1. The van der Waals surface area contributed by atoms with Crippen molar-refractivity contribution in [1.82, 2.24) is 34.5 Å². The van der Waals surface area contributed by atoms with Gasteiger partial charge in [0, 0.05) is 55.0 Å². The molecule has 1 amide bonds. The van der Waals surface area contributed by atoms with E-state index in [2.05, 4.69) is 72.0 Å². The van der Waals surface area contributed by atoms with Crippen LogP contribution in [-0.2, 0) is 6.54 Å². The predicted octanol–water partition coefficient (Wildman–Crippen LogP) is 4.38. The summed E-state index contributed by atoms with van der Waals surface area (Å²) in [4.78, 5) is 33.4. The molecule has 1 fully saturated rings. The number of carbonyl (C=O) groups excluding carboxylic acids is 1. The molecule has 4 aromatic rings. The minimum Gasteiger partial charge on any atom is -0.493 e. The number of ether oxygens (including phenoxy) is 1. The summed E-state index contributed by atoms with van der Waals surface area (Å²) < 4.78 is 7.90. The molecule has 1 saturated heterocycles. The Hall–Kier alpha value is -3.57. The Balaban J connectivity index is 1.19. The van der Waals surface area contributed by atoms with E-state index in [0.29, 0.717) is 50.8 Å². The highest BCUT2D eigenvalue weighted by molar-refractivity contribution is 7.09. The SMILES string of the molecule is CC(C)c1nc(Cn2ncc3c(N4CCN(C(=O)c5ccc(OCC(C)(C)CN(C)C)cc5)CC4)ncnc32)cs1. The molecule has 41 heavy (non-hydrogen) atoms. The average molecular weight is 577 g/mol. The summed E-state index contributed by atoms with van der Waals surface area (Å²) in [6.07, 6.45) is 3.43. The molecule has 0 saturated carbocycles. The van der Waals surface area contributed by atoms with E-state index in [9.17, 15) is 4.79 Å². The lowest BCUT2D eigenvalue weighted by Gasteiger charge is -2.35. The number of piperazine rings is 1. The summed E-state index contributed by atoms with van der Waals surface area (Å²) in [5.41, 5.74) is 2.49. The molecule has 0 atom stereocenters. The Morgan fingerprint density at radius 3 is 2.49 bits per heavy atom. The lowest BCUT2D eigenvalue weighted by atomic mass is 9.94. The third-order valence-electron chi connectivity index (χ3n) is 7.13. The molecule has 1 aliphatic rings. The van der Waals surface area contributed by atoms with Gasteiger partial charge in [-0.25, -0.2) is 19.6 Å². The van der Waals surface area contributed by atoms with Gasteiger partial charge in [-0.2, -0.15) is 5.10 Å². The van der Waals surface area contributed by atoms with E-state index >= 15 is 0 Å². The summed E-state index contributed by atoms with van der Waals surface area (Å²) in [6, 6.07) is 7.50. The summed E-state index contributed by atoms with van der Waals surface area (Å²) in [7, 11) is 4.13. The van der Waals surface area contributed by atoms with Crippen LogP contribution in [0.5, 0.6) is 5.75 Å². The van der Waals surface area contributed by atoms with Gasteiger partial charge >= 0.3 is 0 Å². The van der Waals surface area contributed by atoms with Crippen molar-refractivity contribution >= 4 is 34.1 Å². The molecule has 1 aromatic carbocycles. The largest absolute Gasteiger partial charge is 0.493 e. The van der Waals surface area contributed by atoms with Gasteiger partial charge in [0.2, 0.25) is 0 Å². The van der Waals surface area contributed by atoms with E-state index in [1.165, 1.54) is 0 Å². The van der Waals surface area contributed by atoms with Crippen molar-refractivity contribution < 1.29 is 9.53 Å². The van der Waals surface area contributed by atoms with E-state index in [4.69, 9.17) is 9.72 Å². The van der Waals surface area contributed by atoms with Crippen LogP contribution in [0.2, 0.25) is 0 Å². The molecule has 0 bridgehead atoms. The Morgan fingerprint density at radius 1 is 1.10 bits per heavy atom. The van der Waals surface area contributed by atoms with Crippen molar-refractivity contribution in [2.24, 2.45) is 5.41 Å². The number of nitrogens with zero attached hydrogens (tertiary/aromatic N) is 8. The van der Waals surface area contributed by atoms with E-state index in [-0.39, 0.29) is 11.3 Å². The van der Waals surface area contributed by atoms with Crippen molar-refractivity contribution in [3.05, 3.63) is 58.4 Å². The molecule has 1 aliphatic heterocycles. The van der Waals surface area contributed by atoms with Crippen LogP contribution in [0.25, 0.3) is 11.0 Å². The Bertz CT molecular complexity index is 1470. The Morgan fingerprint density at radius 2 is 1.83 bits per heavy atom. The zero-order chi connectivity index (χ0) is 29.1. The number of thiazole rings is 1. The fourth-order valence-corrected chi connectivity index (χ4v) is 6.07. The molecule has 11 heteroatoms. The van der Waals surface area contributed by atoms with Crippen LogP contribution in [-0.4, -0.2) is 93.9 Å². The molecule has 4 heterocycles. The maximum Gasteiger partial charge on any atom is 0.253 e. The highest BCUT2D eigenvalue weighted by Crippen LogP contribution is 2.26. The third-order valence-corrected chi connectivity index (χ3v) is 8.32. The number of hydrogen-bond acceptors (Lipinski definition) is 9. The van der Waals surface area contributed by atoms with E-state index in [1.807, 2.05) is 40.0 Å². The van der Waals surface area contributed by atoms with Gasteiger partial charge in [0.25, 0.3) is 5.91 Å². The van der Waals surface area contributed by atoms with Crippen molar-refractivity contribution in [2.45, 2.75) is 40.2 Å². The molecular weight excluding hydrogens is 536 g/mol. The second-order valence-electron chi connectivity index (χ2n) is 12.1. The lowest BCUT2D eigenvalue weighted by molar-refractivity contribution is 0.0746. The lowest BCUT2D eigenvalue weighted by Crippen LogP contribution is -2.49. The molecule has 0 radical (unpaired) electrons. The molecule has 0 N–H and O–H groups in total. The quantitative estimate of drug-likeness (QED) is 0.275. The molecule has 0 spiro atoms. The summed E-state index contributed by atoms with van der Waals surface area (Å²) in [6.45, 7) is 13.4. The standard InChI is InChI=1S/C30H40N8O2S/c1-21(2)28-34-23(17-41-28)16-38-27-25(15-33-38)26(31-20-32-27)36-11-13-37(14-12-36)29(39)22-7-9-24(10-8-22)40-19-30(3,4)18-35(5)6/h7-10,15,17,20-21H,11-14,16,18-19H2,1-6H3. The number of anilines is 1. The smallest absolute Gasteiger partial charge is 0.253 e. The van der Waals surface area contributed by atoms with Gasteiger partial charge in [-0.05, 0) is 38.4 Å². The number of hydrogen-bond donors (Lipinski definition) is 0. The van der Waals surface area contributed by atoms with Crippen molar-refractivity contribution in [1.29, 1.82) is 0 Å². The fourth-order valence-electron chi connectivity index (χ4n) is 5.24. The Kier molecular flexibility index (Phi) is 8.55. The maximum atomic E-state index is 13.2. The number of fused-ring (bicyclic) bond motifs is 1. The zero-order valence-electron chi connectivity index (χ0n) is 24.9. The van der Waals surface area contributed by atoms with Gasteiger partial charge in [0.15, 0.2) is 5.65 Å². The van der Waals surface area contributed by atoms with E-state index in [0.717, 1.165) is 39.8 Å². The van der Waals surface area contributed by atoms with Crippen LogP contribution in [0.15, 0.2) is 42.2 Å². The van der Waals surface area contributed by atoms with Crippen molar-refractivity contribution in [2.75, 3.05) is 58.3 Å². The van der Waals surface area contributed by atoms with Gasteiger partial charge in [-0.3, -0.25) is 4.79 Å². The highest BCUT2D eigenvalue weighted by Gasteiger charge is 2.25. The van der Waals surface area contributed by atoms with Gasteiger partial charge < -0.3 is 19.4 Å². The summed E-state index contributed by atoms with van der Waals surface area (Å²) >= 11 is 1.68. The van der Waals surface area contributed by atoms with Crippen LogP contribution >= 0.6 is 11.3 Å². The number of amides is 1. The fraction of sp³-hybridized carbons (Fsp3) is 0.500. The second-order valence-corrected chi connectivity index (χ2v) is 13.0. The van der Waals surface area contributed by atoms with E-state index in [1.54, 1.807) is 17.7 Å². The first-order valence-corrected chi connectivity index (χ1v) is 15.0. The normalized spacial score (nSPS) is 14.4. The maximum absolute atomic E-state index is 13.2. The van der Waals surface area contributed by atoms with Crippen molar-refractivity contribution in [3.63, 3.8) is 0 Å². The van der Waals surface area contributed by atoms with Crippen LogP contribution in [0.3, 0.4) is 0 Å². The van der Waals surface area contributed by atoms with Crippen LogP contribution in [0.4, 0.5) is 5.82 Å². The molecule has 10 nitrogen and oxygen atoms in total. The molecular formula is C30H40N8O2S. The summed E-state index contributed by atoms with van der Waals surface area (Å²) in [5, 5.41) is 8.74. The monoisotopic (exact) mass is 576 g/mol. The Labute approximate surface area is 246 Å². The van der Waals surface area contributed by atoms with E-state index < -0.39 is 0 Å². The van der Waals surface area contributed by atoms with Crippen LogP contribution < -0.4 is 9.64 Å². The second kappa shape index (κ2) is 12.1. The number of carbonyl (C=O) groups is 1. The highest BCUT2D eigenvalue weighted by atomic mass is 32.1. The average Bonchev–Trinajstić information content (AvgIpc) is 3.59.